The van der Waals surface area contributed by atoms with Gasteiger partial charge in [0.1, 0.15) is 5.75 Å². The van der Waals surface area contributed by atoms with Crippen LogP contribution in [0, 0.1) is 5.92 Å². The Morgan fingerprint density at radius 2 is 1.87 bits per heavy atom. The number of benzene rings is 1. The fourth-order valence-electron chi connectivity index (χ4n) is 4.06. The summed E-state index contributed by atoms with van der Waals surface area (Å²) < 4.78 is 5.43. The maximum Gasteiger partial charge on any atom is 0.239 e. The van der Waals surface area contributed by atoms with Gasteiger partial charge in [-0.3, -0.25) is 10.2 Å². The van der Waals surface area contributed by atoms with Gasteiger partial charge in [0.25, 0.3) is 0 Å². The number of ether oxygens (including phenoxy) is 1. The topological polar surface area (TPSA) is 73.8 Å². The summed E-state index contributed by atoms with van der Waals surface area (Å²) in [5, 5.41) is 10.9. The van der Waals surface area contributed by atoms with Crippen LogP contribution in [0.5, 0.6) is 5.75 Å². The lowest BCUT2D eigenvalue weighted by Crippen LogP contribution is -2.55. The van der Waals surface area contributed by atoms with Crippen LogP contribution in [0.2, 0.25) is 0 Å². The molecule has 0 radical (unpaired) electrons. The molecule has 0 aliphatic carbocycles. The predicted octanol–water partition coefficient (Wildman–Crippen LogP) is 1.65. The minimum atomic E-state index is -0.0332. The molecule has 160 valence electrons. The molecule has 2 saturated heterocycles. The van der Waals surface area contributed by atoms with Crippen LogP contribution in [-0.2, 0) is 4.79 Å². The van der Waals surface area contributed by atoms with E-state index in [4.69, 9.17) is 4.74 Å². The zero-order chi connectivity index (χ0) is 20.9. The molecule has 2 aliphatic heterocycles. The first kappa shape index (κ1) is 20.6. The van der Waals surface area contributed by atoms with Crippen molar-refractivity contribution >= 4 is 11.7 Å². The summed E-state index contributed by atoms with van der Waals surface area (Å²) >= 11 is 0. The van der Waals surface area contributed by atoms with E-state index < -0.39 is 0 Å². The molecule has 3 heterocycles. The van der Waals surface area contributed by atoms with Crippen LogP contribution in [-0.4, -0.2) is 79.4 Å². The van der Waals surface area contributed by atoms with Crippen molar-refractivity contribution in [2.45, 2.75) is 12.8 Å². The number of piperazine rings is 1. The molecule has 4 rings (SSSR count). The van der Waals surface area contributed by atoms with E-state index in [2.05, 4.69) is 32.5 Å². The average molecular weight is 411 g/mol. The largest absolute Gasteiger partial charge is 0.496 e. The number of rotatable bonds is 5. The minimum absolute atomic E-state index is 0.0332. The molecule has 1 aromatic carbocycles. The van der Waals surface area contributed by atoms with Gasteiger partial charge in [-0.25, -0.2) is 5.01 Å². The first-order chi connectivity index (χ1) is 14.6. The van der Waals surface area contributed by atoms with Crippen molar-refractivity contribution in [2.24, 2.45) is 5.92 Å². The number of carbonyl (C=O) groups excluding carboxylic acids is 1. The predicted molar refractivity (Wildman–Crippen MR) is 116 cm³/mol. The Morgan fingerprint density at radius 1 is 1.07 bits per heavy atom. The number of carbonyl (C=O) groups is 1. The Hall–Kier alpha value is -2.71. The van der Waals surface area contributed by atoms with Gasteiger partial charge in [-0.15, -0.1) is 10.2 Å². The van der Waals surface area contributed by atoms with Crippen LogP contribution < -0.4 is 15.1 Å². The zero-order valence-electron chi connectivity index (χ0n) is 17.8. The highest BCUT2D eigenvalue weighted by Crippen LogP contribution is 2.29. The average Bonchev–Trinajstić information content (AvgIpc) is 2.80. The SMILES string of the molecule is COc1ccccc1-c1ccc(N2CCCC(C(=O)NN3CCN(C)CC3)C2)nn1. The van der Waals surface area contributed by atoms with Crippen molar-refractivity contribution in [3.05, 3.63) is 36.4 Å². The monoisotopic (exact) mass is 410 g/mol. The molecule has 1 N–H and O–H groups in total. The number of piperidine rings is 1. The Balaban J connectivity index is 1.39. The molecule has 8 heteroatoms. The molecule has 1 unspecified atom stereocenters. The number of nitrogens with zero attached hydrogens (tertiary/aromatic N) is 5. The number of anilines is 1. The van der Waals surface area contributed by atoms with E-state index in [0.717, 1.165) is 68.4 Å². The lowest BCUT2D eigenvalue weighted by Gasteiger charge is -2.36. The summed E-state index contributed by atoms with van der Waals surface area (Å²) in [6.45, 7) is 5.25. The van der Waals surface area contributed by atoms with Crippen LogP contribution >= 0.6 is 0 Å². The number of likely N-dealkylation sites (N-methyl/N-ethyl adjacent to an activating group) is 1. The van der Waals surface area contributed by atoms with Gasteiger partial charge < -0.3 is 14.5 Å². The van der Waals surface area contributed by atoms with Crippen molar-refractivity contribution in [3.63, 3.8) is 0 Å². The fourth-order valence-corrected chi connectivity index (χ4v) is 4.06. The van der Waals surface area contributed by atoms with Gasteiger partial charge in [-0.1, -0.05) is 12.1 Å². The quantitative estimate of drug-likeness (QED) is 0.803. The number of methoxy groups -OCH3 is 1. The molecular weight excluding hydrogens is 380 g/mol. The Bertz CT molecular complexity index is 851. The van der Waals surface area contributed by atoms with Gasteiger partial charge in [0, 0.05) is 44.8 Å². The highest BCUT2D eigenvalue weighted by atomic mass is 16.5. The maximum absolute atomic E-state index is 12.8. The normalized spacial score (nSPS) is 20.7. The molecule has 2 fully saturated rings. The van der Waals surface area contributed by atoms with E-state index in [1.54, 1.807) is 7.11 Å². The second kappa shape index (κ2) is 9.40. The molecule has 30 heavy (non-hydrogen) atoms. The van der Waals surface area contributed by atoms with Crippen molar-refractivity contribution in [1.29, 1.82) is 0 Å². The van der Waals surface area contributed by atoms with E-state index in [-0.39, 0.29) is 11.8 Å². The highest BCUT2D eigenvalue weighted by molar-refractivity contribution is 5.79. The second-order valence-corrected chi connectivity index (χ2v) is 8.03. The van der Waals surface area contributed by atoms with Crippen molar-refractivity contribution in [3.8, 4) is 17.0 Å². The minimum Gasteiger partial charge on any atom is -0.496 e. The standard InChI is InChI=1S/C22H30N6O2/c1-26-12-14-28(15-13-26)25-22(29)17-6-5-11-27(16-17)21-10-9-19(23-24-21)18-7-3-4-8-20(18)30-2/h3-4,7-10,17H,5-6,11-16H2,1-2H3,(H,25,29). The molecule has 2 aromatic rings. The first-order valence-electron chi connectivity index (χ1n) is 10.6. The van der Waals surface area contributed by atoms with Gasteiger partial charge >= 0.3 is 0 Å². The third-order valence-corrected chi connectivity index (χ3v) is 5.92. The highest BCUT2D eigenvalue weighted by Gasteiger charge is 2.28. The van der Waals surface area contributed by atoms with E-state index >= 15 is 0 Å². The number of amides is 1. The van der Waals surface area contributed by atoms with Crippen LogP contribution in [0.1, 0.15) is 12.8 Å². The second-order valence-electron chi connectivity index (χ2n) is 8.03. The molecule has 1 atom stereocenters. The molecule has 0 spiro atoms. The lowest BCUT2D eigenvalue weighted by atomic mass is 9.97. The molecule has 2 aliphatic rings. The number of hydrogen-bond donors (Lipinski definition) is 1. The molecule has 1 amide bonds. The lowest BCUT2D eigenvalue weighted by molar-refractivity contribution is -0.131. The van der Waals surface area contributed by atoms with E-state index in [9.17, 15) is 4.79 Å². The van der Waals surface area contributed by atoms with Crippen LogP contribution in [0.15, 0.2) is 36.4 Å². The third kappa shape index (κ3) is 4.71. The fraction of sp³-hybridized carbons (Fsp3) is 0.500. The summed E-state index contributed by atoms with van der Waals surface area (Å²) in [5.41, 5.74) is 4.81. The van der Waals surface area contributed by atoms with Crippen LogP contribution in [0.3, 0.4) is 0 Å². The van der Waals surface area contributed by atoms with Crippen molar-refractivity contribution in [2.75, 3.05) is 58.3 Å². The Kier molecular flexibility index (Phi) is 6.44. The van der Waals surface area contributed by atoms with Crippen LogP contribution in [0.4, 0.5) is 5.82 Å². The van der Waals surface area contributed by atoms with E-state index in [1.165, 1.54) is 0 Å². The van der Waals surface area contributed by atoms with Crippen molar-refractivity contribution in [1.82, 2.24) is 25.5 Å². The van der Waals surface area contributed by atoms with Gasteiger partial charge in [0.05, 0.1) is 18.7 Å². The van der Waals surface area contributed by atoms with Crippen molar-refractivity contribution < 1.29 is 9.53 Å². The van der Waals surface area contributed by atoms with Gasteiger partial charge in [0.2, 0.25) is 5.91 Å². The van der Waals surface area contributed by atoms with E-state index in [0.29, 0.717) is 6.54 Å². The summed E-state index contributed by atoms with van der Waals surface area (Å²) in [5.74, 6) is 1.67. The summed E-state index contributed by atoms with van der Waals surface area (Å²) in [7, 11) is 3.76. The molecule has 8 nitrogen and oxygen atoms in total. The van der Waals surface area contributed by atoms with Gasteiger partial charge in [-0.05, 0) is 44.2 Å². The molecule has 0 bridgehead atoms. The molecule has 0 saturated carbocycles. The number of para-hydroxylation sites is 1. The summed E-state index contributed by atoms with van der Waals surface area (Å²) in [4.78, 5) is 17.2. The number of hydrogen-bond acceptors (Lipinski definition) is 7. The third-order valence-electron chi connectivity index (χ3n) is 5.92. The first-order valence-corrected chi connectivity index (χ1v) is 10.6. The summed E-state index contributed by atoms with van der Waals surface area (Å²) in [6, 6.07) is 11.7. The maximum atomic E-state index is 12.8. The number of aromatic nitrogens is 2. The number of hydrazine groups is 1. The smallest absolute Gasteiger partial charge is 0.239 e. The van der Waals surface area contributed by atoms with Crippen LogP contribution in [0.25, 0.3) is 11.3 Å². The van der Waals surface area contributed by atoms with Gasteiger partial charge in [0.15, 0.2) is 5.82 Å². The molecule has 1 aromatic heterocycles. The van der Waals surface area contributed by atoms with Gasteiger partial charge in [-0.2, -0.15) is 0 Å². The Morgan fingerprint density at radius 3 is 2.60 bits per heavy atom. The summed E-state index contributed by atoms with van der Waals surface area (Å²) in [6.07, 6.45) is 1.87. The molecular formula is C22H30N6O2. The zero-order valence-corrected chi connectivity index (χ0v) is 17.8. The Labute approximate surface area is 177 Å². The number of nitrogens with one attached hydrogen (secondary N) is 1. The van der Waals surface area contributed by atoms with E-state index in [1.807, 2.05) is 41.4 Å².